The average molecular weight is 295 g/mol. The highest BCUT2D eigenvalue weighted by Crippen LogP contribution is 2.34. The van der Waals surface area contributed by atoms with E-state index in [4.69, 9.17) is 11.0 Å². The van der Waals surface area contributed by atoms with E-state index in [1.807, 2.05) is 6.07 Å². The first kappa shape index (κ1) is 14.7. The lowest BCUT2D eigenvalue weighted by atomic mass is 10.1. The molecule has 0 saturated heterocycles. The van der Waals surface area contributed by atoms with Crippen LogP contribution in [0, 0.1) is 17.1 Å². The summed E-state index contributed by atoms with van der Waals surface area (Å²) in [5.74, 6) is -0.857. The molecule has 3 nitrogen and oxygen atoms in total. The number of para-hydroxylation sites is 1. The van der Waals surface area contributed by atoms with Gasteiger partial charge >= 0.3 is 6.18 Å². The van der Waals surface area contributed by atoms with Crippen LogP contribution in [0.1, 0.15) is 11.1 Å². The lowest BCUT2D eigenvalue weighted by Gasteiger charge is -2.13. The monoisotopic (exact) mass is 295 g/mol. The van der Waals surface area contributed by atoms with Crippen molar-refractivity contribution in [2.75, 3.05) is 11.1 Å². The summed E-state index contributed by atoms with van der Waals surface area (Å²) in [6.07, 6.45) is -4.58. The first-order valence-corrected chi connectivity index (χ1v) is 5.75. The van der Waals surface area contributed by atoms with E-state index in [1.54, 1.807) is 0 Å². The molecule has 0 bridgehead atoms. The Morgan fingerprint density at radius 2 is 1.81 bits per heavy atom. The molecule has 0 spiro atoms. The summed E-state index contributed by atoms with van der Waals surface area (Å²) in [7, 11) is 0. The number of nitrogens with one attached hydrogen (secondary N) is 1. The molecule has 0 aromatic heterocycles. The summed E-state index contributed by atoms with van der Waals surface area (Å²) in [5, 5.41) is 11.3. The van der Waals surface area contributed by atoms with Gasteiger partial charge in [0.25, 0.3) is 0 Å². The van der Waals surface area contributed by atoms with E-state index in [0.717, 1.165) is 6.07 Å². The van der Waals surface area contributed by atoms with Gasteiger partial charge in [-0.2, -0.15) is 18.4 Å². The number of rotatable bonds is 2. The lowest BCUT2D eigenvalue weighted by Crippen LogP contribution is -2.07. The van der Waals surface area contributed by atoms with Crippen molar-refractivity contribution in [3.63, 3.8) is 0 Å². The van der Waals surface area contributed by atoms with Crippen LogP contribution in [0.15, 0.2) is 36.4 Å². The summed E-state index contributed by atoms with van der Waals surface area (Å²) in [6, 6.07) is 8.22. The van der Waals surface area contributed by atoms with E-state index in [9.17, 15) is 17.6 Å². The molecule has 0 aliphatic carbocycles. The van der Waals surface area contributed by atoms with Crippen molar-refractivity contribution in [3.8, 4) is 6.07 Å². The number of alkyl halides is 3. The molecule has 21 heavy (non-hydrogen) atoms. The van der Waals surface area contributed by atoms with Gasteiger partial charge in [0, 0.05) is 0 Å². The lowest BCUT2D eigenvalue weighted by molar-refractivity contribution is -0.137. The number of halogens is 4. The molecule has 7 heteroatoms. The molecule has 0 aliphatic heterocycles. The van der Waals surface area contributed by atoms with Gasteiger partial charge in [-0.15, -0.1) is 0 Å². The number of anilines is 3. The zero-order chi connectivity index (χ0) is 15.6. The number of nitrogens with zero attached hydrogens (tertiary/aromatic N) is 1. The van der Waals surface area contributed by atoms with Crippen LogP contribution >= 0.6 is 0 Å². The fourth-order valence-corrected chi connectivity index (χ4v) is 1.71. The Balaban J connectivity index is 2.43. The summed E-state index contributed by atoms with van der Waals surface area (Å²) in [5.41, 5.74) is 4.68. The van der Waals surface area contributed by atoms with Crippen LogP contribution in [0.5, 0.6) is 0 Å². The van der Waals surface area contributed by atoms with Crippen LogP contribution in [-0.2, 0) is 6.18 Å². The van der Waals surface area contributed by atoms with Crippen molar-refractivity contribution in [3.05, 3.63) is 53.3 Å². The molecule has 3 N–H and O–H groups in total. The van der Waals surface area contributed by atoms with Crippen molar-refractivity contribution in [1.29, 1.82) is 5.26 Å². The molecule has 0 heterocycles. The first-order chi connectivity index (χ1) is 9.82. The van der Waals surface area contributed by atoms with Crippen molar-refractivity contribution >= 4 is 17.1 Å². The SMILES string of the molecule is N#Cc1cccc(Nc2cc(C(F)(F)F)ccc2F)c1N. The summed E-state index contributed by atoms with van der Waals surface area (Å²) in [6.45, 7) is 0. The quantitative estimate of drug-likeness (QED) is 0.649. The Morgan fingerprint density at radius 1 is 1.10 bits per heavy atom. The van der Waals surface area contributed by atoms with E-state index in [1.165, 1.54) is 18.2 Å². The van der Waals surface area contributed by atoms with Crippen molar-refractivity contribution in [2.45, 2.75) is 6.18 Å². The second-order valence-corrected chi connectivity index (χ2v) is 4.20. The topological polar surface area (TPSA) is 61.8 Å². The number of nitrogens with two attached hydrogens (primary N) is 1. The van der Waals surface area contributed by atoms with Crippen LogP contribution in [0.25, 0.3) is 0 Å². The number of benzene rings is 2. The van der Waals surface area contributed by atoms with Crippen LogP contribution in [-0.4, -0.2) is 0 Å². The summed E-state index contributed by atoms with van der Waals surface area (Å²) < 4.78 is 51.5. The molecule has 0 radical (unpaired) electrons. The Morgan fingerprint density at radius 3 is 2.43 bits per heavy atom. The predicted molar refractivity (Wildman–Crippen MR) is 70.3 cm³/mol. The van der Waals surface area contributed by atoms with Gasteiger partial charge in [-0.05, 0) is 30.3 Å². The maximum atomic E-state index is 13.6. The highest BCUT2D eigenvalue weighted by molar-refractivity contribution is 5.77. The third-order valence-electron chi connectivity index (χ3n) is 2.79. The van der Waals surface area contributed by atoms with Crippen molar-refractivity contribution in [2.24, 2.45) is 0 Å². The molecular formula is C14H9F4N3. The van der Waals surface area contributed by atoms with E-state index in [-0.39, 0.29) is 22.6 Å². The molecule has 0 unspecified atom stereocenters. The highest BCUT2D eigenvalue weighted by Gasteiger charge is 2.31. The van der Waals surface area contributed by atoms with Gasteiger partial charge in [0.2, 0.25) is 0 Å². The first-order valence-electron chi connectivity index (χ1n) is 5.75. The molecule has 0 saturated carbocycles. The van der Waals surface area contributed by atoms with Gasteiger partial charge in [0.1, 0.15) is 11.9 Å². The maximum Gasteiger partial charge on any atom is 0.416 e. The van der Waals surface area contributed by atoms with E-state index in [0.29, 0.717) is 12.1 Å². The smallest absolute Gasteiger partial charge is 0.396 e. The minimum Gasteiger partial charge on any atom is -0.396 e. The minimum absolute atomic E-state index is 0.0387. The molecule has 2 aromatic rings. The van der Waals surface area contributed by atoms with Crippen LogP contribution in [0.2, 0.25) is 0 Å². The number of hydrogen-bond acceptors (Lipinski definition) is 3. The highest BCUT2D eigenvalue weighted by atomic mass is 19.4. The molecule has 0 fully saturated rings. The molecular weight excluding hydrogens is 286 g/mol. The Bertz CT molecular complexity index is 717. The van der Waals surface area contributed by atoms with Gasteiger partial charge in [-0.25, -0.2) is 4.39 Å². The number of nitriles is 1. The fourth-order valence-electron chi connectivity index (χ4n) is 1.71. The molecule has 0 amide bonds. The third-order valence-corrected chi connectivity index (χ3v) is 2.79. The van der Waals surface area contributed by atoms with Crippen LogP contribution in [0.4, 0.5) is 34.6 Å². The number of nitrogen functional groups attached to an aromatic ring is 1. The van der Waals surface area contributed by atoms with Gasteiger partial charge in [0.15, 0.2) is 0 Å². The predicted octanol–water partition coefficient (Wildman–Crippen LogP) is 4.04. The van der Waals surface area contributed by atoms with Gasteiger partial charge in [-0.3, -0.25) is 0 Å². The standard InChI is InChI=1S/C14H9F4N3/c15-10-5-4-9(14(16,17)18)6-12(10)21-11-3-1-2-8(7-19)13(11)20/h1-6,21H,20H2. The zero-order valence-electron chi connectivity index (χ0n) is 10.5. The Labute approximate surface area is 117 Å². The molecule has 2 rings (SSSR count). The minimum atomic E-state index is -4.58. The molecule has 108 valence electrons. The largest absolute Gasteiger partial charge is 0.416 e. The summed E-state index contributed by atoms with van der Waals surface area (Å²) in [4.78, 5) is 0. The van der Waals surface area contributed by atoms with Crippen LogP contribution < -0.4 is 11.1 Å². The molecule has 0 aliphatic rings. The second-order valence-electron chi connectivity index (χ2n) is 4.20. The molecule has 0 atom stereocenters. The normalized spacial score (nSPS) is 11.0. The van der Waals surface area contributed by atoms with Gasteiger partial charge < -0.3 is 11.1 Å². The molecule has 2 aromatic carbocycles. The fraction of sp³-hybridized carbons (Fsp3) is 0.0714. The van der Waals surface area contributed by atoms with E-state index >= 15 is 0 Å². The van der Waals surface area contributed by atoms with Crippen LogP contribution in [0.3, 0.4) is 0 Å². The maximum absolute atomic E-state index is 13.6. The van der Waals surface area contributed by atoms with Crippen molar-refractivity contribution < 1.29 is 17.6 Å². The van der Waals surface area contributed by atoms with Gasteiger partial charge in [0.05, 0.1) is 28.2 Å². The average Bonchev–Trinajstić information content (AvgIpc) is 2.42. The van der Waals surface area contributed by atoms with E-state index < -0.39 is 17.6 Å². The number of hydrogen-bond donors (Lipinski definition) is 2. The Kier molecular flexibility index (Phi) is 3.72. The third kappa shape index (κ3) is 3.05. The zero-order valence-corrected chi connectivity index (χ0v) is 10.5. The second kappa shape index (κ2) is 5.32. The van der Waals surface area contributed by atoms with Crippen molar-refractivity contribution in [1.82, 2.24) is 0 Å². The Hall–Kier alpha value is -2.75. The van der Waals surface area contributed by atoms with E-state index in [2.05, 4.69) is 5.32 Å². The van der Waals surface area contributed by atoms with Gasteiger partial charge in [-0.1, -0.05) is 6.07 Å². The summed E-state index contributed by atoms with van der Waals surface area (Å²) >= 11 is 0.